The van der Waals surface area contributed by atoms with Crippen LogP contribution in [0.4, 0.5) is 0 Å². The Morgan fingerprint density at radius 3 is 2.80 bits per heavy atom. The van der Waals surface area contributed by atoms with E-state index in [9.17, 15) is 9.90 Å². The van der Waals surface area contributed by atoms with Crippen molar-refractivity contribution in [1.29, 1.82) is 0 Å². The van der Waals surface area contributed by atoms with Crippen molar-refractivity contribution in [2.45, 2.75) is 45.7 Å². The van der Waals surface area contributed by atoms with Crippen LogP contribution in [0.2, 0.25) is 0 Å². The van der Waals surface area contributed by atoms with Gasteiger partial charge in [0.05, 0.1) is 5.56 Å². The van der Waals surface area contributed by atoms with Gasteiger partial charge in [0.25, 0.3) is 5.91 Å². The van der Waals surface area contributed by atoms with E-state index in [0.717, 1.165) is 18.5 Å². The summed E-state index contributed by atoms with van der Waals surface area (Å²) in [6.45, 7) is 7.65. The molecule has 1 aliphatic rings. The minimum absolute atomic E-state index is 0.0695. The number of hydrogen-bond acceptors (Lipinski definition) is 3. The lowest BCUT2D eigenvalue weighted by molar-refractivity contribution is 0.0686. The summed E-state index contributed by atoms with van der Waals surface area (Å²) in [7, 11) is 0. The van der Waals surface area contributed by atoms with E-state index in [4.69, 9.17) is 0 Å². The molecule has 1 saturated heterocycles. The second kappa shape index (κ2) is 6.27. The first-order chi connectivity index (χ1) is 9.49. The molecular weight excluding hydrogens is 252 g/mol. The van der Waals surface area contributed by atoms with Gasteiger partial charge in [0, 0.05) is 18.6 Å². The molecule has 0 spiro atoms. The lowest BCUT2D eigenvalue weighted by Crippen LogP contribution is -2.44. The summed E-state index contributed by atoms with van der Waals surface area (Å²) in [4.78, 5) is 14.5. The molecule has 1 heterocycles. The number of benzene rings is 1. The molecule has 1 amide bonds. The number of rotatable bonds is 4. The van der Waals surface area contributed by atoms with Crippen LogP contribution < -0.4 is 5.32 Å². The van der Waals surface area contributed by atoms with Crippen LogP contribution in [0.15, 0.2) is 18.2 Å². The van der Waals surface area contributed by atoms with E-state index in [1.165, 1.54) is 6.42 Å². The maximum atomic E-state index is 12.6. The number of nitrogens with zero attached hydrogens (tertiary/aromatic N) is 1. The van der Waals surface area contributed by atoms with Crippen molar-refractivity contribution in [3.8, 4) is 5.75 Å². The van der Waals surface area contributed by atoms with Crippen LogP contribution in [0.3, 0.4) is 0 Å². The Morgan fingerprint density at radius 1 is 1.50 bits per heavy atom. The predicted octanol–water partition coefficient (Wildman–Crippen LogP) is 2.30. The number of nitrogens with one attached hydrogen (secondary N) is 1. The number of hydrogen-bond donors (Lipinski definition) is 2. The SMILES string of the molecule is Cc1ccc(C(=O)N(CC2CCCN2)C(C)C)c(O)c1. The third-order valence-corrected chi connectivity index (χ3v) is 3.85. The summed E-state index contributed by atoms with van der Waals surface area (Å²) in [5.74, 6) is -0.0220. The summed E-state index contributed by atoms with van der Waals surface area (Å²) in [5.41, 5.74) is 1.34. The van der Waals surface area contributed by atoms with E-state index in [2.05, 4.69) is 5.32 Å². The average Bonchev–Trinajstić information content (AvgIpc) is 2.87. The summed E-state index contributed by atoms with van der Waals surface area (Å²) < 4.78 is 0. The van der Waals surface area contributed by atoms with Crippen LogP contribution in [0.1, 0.15) is 42.6 Å². The first-order valence-electron chi connectivity index (χ1n) is 7.33. The van der Waals surface area contributed by atoms with Crippen molar-refractivity contribution in [1.82, 2.24) is 10.2 Å². The number of amides is 1. The highest BCUT2D eigenvalue weighted by atomic mass is 16.3. The van der Waals surface area contributed by atoms with Crippen LogP contribution >= 0.6 is 0 Å². The number of aromatic hydroxyl groups is 1. The number of phenols is 1. The highest BCUT2D eigenvalue weighted by molar-refractivity contribution is 5.97. The fourth-order valence-electron chi connectivity index (χ4n) is 2.66. The minimum Gasteiger partial charge on any atom is -0.507 e. The Labute approximate surface area is 120 Å². The van der Waals surface area contributed by atoms with E-state index in [0.29, 0.717) is 18.2 Å². The number of aryl methyl sites for hydroxylation is 1. The summed E-state index contributed by atoms with van der Waals surface area (Å²) >= 11 is 0. The fourth-order valence-corrected chi connectivity index (χ4v) is 2.66. The van der Waals surface area contributed by atoms with Crippen molar-refractivity contribution in [2.24, 2.45) is 0 Å². The minimum atomic E-state index is -0.0915. The second-order valence-electron chi connectivity index (χ2n) is 5.87. The van der Waals surface area contributed by atoms with Gasteiger partial charge in [0.2, 0.25) is 0 Å². The zero-order chi connectivity index (χ0) is 14.7. The molecule has 110 valence electrons. The zero-order valence-electron chi connectivity index (χ0n) is 12.5. The van der Waals surface area contributed by atoms with E-state index in [1.54, 1.807) is 12.1 Å². The van der Waals surface area contributed by atoms with Crippen LogP contribution in [-0.2, 0) is 0 Å². The third kappa shape index (κ3) is 3.31. The summed E-state index contributed by atoms with van der Waals surface area (Å²) in [6, 6.07) is 5.70. The smallest absolute Gasteiger partial charge is 0.257 e. The highest BCUT2D eigenvalue weighted by Gasteiger charge is 2.25. The molecular formula is C16H24N2O2. The van der Waals surface area contributed by atoms with Gasteiger partial charge in [-0.25, -0.2) is 0 Å². The zero-order valence-corrected chi connectivity index (χ0v) is 12.5. The maximum absolute atomic E-state index is 12.6. The number of carbonyl (C=O) groups is 1. The topological polar surface area (TPSA) is 52.6 Å². The summed E-state index contributed by atoms with van der Waals surface area (Å²) in [6.07, 6.45) is 2.27. The molecule has 1 aromatic rings. The second-order valence-corrected chi connectivity index (χ2v) is 5.87. The van der Waals surface area contributed by atoms with Crippen molar-refractivity contribution < 1.29 is 9.90 Å². The lowest BCUT2D eigenvalue weighted by Gasteiger charge is -2.30. The Kier molecular flexibility index (Phi) is 4.65. The fraction of sp³-hybridized carbons (Fsp3) is 0.562. The van der Waals surface area contributed by atoms with Crippen LogP contribution in [0, 0.1) is 6.92 Å². The van der Waals surface area contributed by atoms with Gasteiger partial charge in [0.1, 0.15) is 5.75 Å². The standard InChI is InChI=1S/C16H24N2O2/c1-11(2)18(10-13-5-4-8-17-13)16(20)14-7-6-12(3)9-15(14)19/h6-7,9,11,13,17,19H,4-5,8,10H2,1-3H3. The molecule has 0 aliphatic carbocycles. The summed E-state index contributed by atoms with van der Waals surface area (Å²) in [5, 5.41) is 13.4. The molecule has 2 rings (SSSR count). The molecule has 2 N–H and O–H groups in total. The molecule has 1 fully saturated rings. The first-order valence-corrected chi connectivity index (χ1v) is 7.33. The van der Waals surface area contributed by atoms with E-state index < -0.39 is 0 Å². The molecule has 0 saturated carbocycles. The van der Waals surface area contributed by atoms with Crippen molar-refractivity contribution in [3.05, 3.63) is 29.3 Å². The van der Waals surface area contributed by atoms with Gasteiger partial charge >= 0.3 is 0 Å². The molecule has 1 unspecified atom stereocenters. The van der Waals surface area contributed by atoms with Crippen LogP contribution in [0.5, 0.6) is 5.75 Å². The first kappa shape index (κ1) is 14.9. The van der Waals surface area contributed by atoms with Crippen LogP contribution in [-0.4, -0.2) is 41.1 Å². The molecule has 0 aromatic heterocycles. The van der Waals surface area contributed by atoms with Crippen LogP contribution in [0.25, 0.3) is 0 Å². The molecule has 4 heteroatoms. The van der Waals surface area contributed by atoms with Gasteiger partial charge in [-0.05, 0) is 57.9 Å². The number of phenolic OH excluding ortho intramolecular Hbond substituents is 1. The van der Waals surface area contributed by atoms with Crippen molar-refractivity contribution in [3.63, 3.8) is 0 Å². The van der Waals surface area contributed by atoms with Gasteiger partial charge in [-0.2, -0.15) is 0 Å². The van der Waals surface area contributed by atoms with Gasteiger partial charge in [0.15, 0.2) is 0 Å². The Balaban J connectivity index is 2.17. The lowest BCUT2D eigenvalue weighted by atomic mass is 10.1. The Bertz CT molecular complexity index is 479. The number of carbonyl (C=O) groups excluding carboxylic acids is 1. The third-order valence-electron chi connectivity index (χ3n) is 3.85. The quantitative estimate of drug-likeness (QED) is 0.887. The molecule has 1 atom stereocenters. The van der Waals surface area contributed by atoms with Crippen molar-refractivity contribution in [2.75, 3.05) is 13.1 Å². The Morgan fingerprint density at radius 2 is 2.25 bits per heavy atom. The molecule has 0 bridgehead atoms. The van der Waals surface area contributed by atoms with E-state index in [1.807, 2.05) is 31.7 Å². The van der Waals surface area contributed by atoms with Gasteiger partial charge in [-0.1, -0.05) is 6.07 Å². The highest BCUT2D eigenvalue weighted by Crippen LogP contribution is 2.22. The molecule has 20 heavy (non-hydrogen) atoms. The Hall–Kier alpha value is -1.55. The van der Waals surface area contributed by atoms with Gasteiger partial charge < -0.3 is 15.3 Å². The van der Waals surface area contributed by atoms with E-state index >= 15 is 0 Å². The monoisotopic (exact) mass is 276 g/mol. The predicted molar refractivity (Wildman–Crippen MR) is 80.0 cm³/mol. The molecule has 1 aromatic carbocycles. The van der Waals surface area contributed by atoms with Crippen molar-refractivity contribution >= 4 is 5.91 Å². The molecule has 1 aliphatic heterocycles. The van der Waals surface area contributed by atoms with Gasteiger partial charge in [-0.15, -0.1) is 0 Å². The molecule has 4 nitrogen and oxygen atoms in total. The van der Waals surface area contributed by atoms with Gasteiger partial charge in [-0.3, -0.25) is 4.79 Å². The maximum Gasteiger partial charge on any atom is 0.257 e. The average molecular weight is 276 g/mol. The largest absolute Gasteiger partial charge is 0.507 e. The molecule has 0 radical (unpaired) electrons. The normalized spacial score (nSPS) is 18.5. The van der Waals surface area contributed by atoms with E-state index in [-0.39, 0.29) is 17.7 Å².